The Balaban J connectivity index is 1.73. The van der Waals surface area contributed by atoms with E-state index in [1.165, 1.54) is 9.87 Å². The Labute approximate surface area is 173 Å². The zero-order chi connectivity index (χ0) is 19.6. The number of carbonyl (C=O) groups excluding carboxylic acids is 1. The van der Waals surface area contributed by atoms with Crippen molar-refractivity contribution in [1.82, 2.24) is 9.62 Å². The number of aryl methyl sites for hydroxylation is 1. The minimum atomic E-state index is -3.66. The molecule has 1 aromatic carbocycles. The summed E-state index contributed by atoms with van der Waals surface area (Å²) in [5.74, 6) is -0.237. The molecule has 3 rings (SSSR count). The Morgan fingerprint density at radius 2 is 2.00 bits per heavy atom. The maximum Gasteiger partial charge on any atom is 0.253 e. The lowest BCUT2D eigenvalue weighted by molar-refractivity contribution is -0.124. The van der Waals surface area contributed by atoms with Crippen molar-refractivity contribution in [3.05, 3.63) is 51.3 Å². The lowest BCUT2D eigenvalue weighted by Gasteiger charge is -2.24. The molecule has 2 heterocycles. The predicted molar refractivity (Wildman–Crippen MR) is 111 cm³/mol. The molecule has 1 amide bonds. The van der Waals surface area contributed by atoms with E-state index in [9.17, 15) is 13.2 Å². The number of carbonyl (C=O) groups is 1. The topological polar surface area (TPSA) is 66.5 Å². The molecule has 27 heavy (non-hydrogen) atoms. The van der Waals surface area contributed by atoms with E-state index in [0.717, 1.165) is 27.1 Å². The normalized spacial score (nSPS) is 19.1. The summed E-state index contributed by atoms with van der Waals surface area (Å²) in [6.07, 6.45) is 2.19. The minimum Gasteiger partial charge on any atom is -0.348 e. The first-order valence-corrected chi connectivity index (χ1v) is 12.0. The first kappa shape index (κ1) is 20.5. The van der Waals surface area contributed by atoms with Crippen LogP contribution in [0.1, 0.15) is 43.9 Å². The van der Waals surface area contributed by atoms with Crippen molar-refractivity contribution in [2.75, 3.05) is 6.54 Å². The standard InChI is InChI=1S/C19H23BrN2O3S2/c1-3-14-6-8-15(9-7-14)13(2)21-19(23)16-5-4-12-22(16)27(24,25)18-11-10-17(20)26-18/h6-11,13,16H,3-5,12H2,1-2H3,(H,21,23)/t13-,16+/m1/s1. The molecule has 0 unspecified atom stereocenters. The van der Waals surface area contributed by atoms with Crippen LogP contribution in [0.3, 0.4) is 0 Å². The summed E-state index contributed by atoms with van der Waals surface area (Å²) in [6, 6.07) is 10.6. The quantitative estimate of drug-likeness (QED) is 0.690. The molecule has 0 saturated carbocycles. The number of sulfonamides is 1. The van der Waals surface area contributed by atoms with Crippen LogP contribution in [0, 0.1) is 0 Å². The number of nitrogens with zero attached hydrogens (tertiary/aromatic N) is 1. The van der Waals surface area contributed by atoms with Crippen molar-refractivity contribution < 1.29 is 13.2 Å². The molecule has 1 saturated heterocycles. The van der Waals surface area contributed by atoms with Crippen LogP contribution in [-0.2, 0) is 21.2 Å². The molecule has 1 aromatic heterocycles. The van der Waals surface area contributed by atoms with Gasteiger partial charge in [-0.15, -0.1) is 11.3 Å². The maximum absolute atomic E-state index is 12.9. The highest BCUT2D eigenvalue weighted by atomic mass is 79.9. The summed E-state index contributed by atoms with van der Waals surface area (Å²) in [4.78, 5) is 12.8. The molecule has 2 aromatic rings. The first-order valence-electron chi connectivity index (χ1n) is 8.99. The monoisotopic (exact) mass is 470 g/mol. The number of benzene rings is 1. The summed E-state index contributed by atoms with van der Waals surface area (Å²) in [7, 11) is -3.66. The van der Waals surface area contributed by atoms with Gasteiger partial charge in [0.1, 0.15) is 10.3 Å². The van der Waals surface area contributed by atoms with E-state index >= 15 is 0 Å². The second-order valence-corrected chi connectivity index (χ2v) is 11.2. The largest absolute Gasteiger partial charge is 0.348 e. The van der Waals surface area contributed by atoms with E-state index in [4.69, 9.17) is 0 Å². The fourth-order valence-electron chi connectivity index (χ4n) is 3.28. The van der Waals surface area contributed by atoms with Gasteiger partial charge in [0.05, 0.1) is 9.83 Å². The van der Waals surface area contributed by atoms with Gasteiger partial charge in [0.25, 0.3) is 10.0 Å². The van der Waals surface area contributed by atoms with E-state index in [-0.39, 0.29) is 16.2 Å². The van der Waals surface area contributed by atoms with Gasteiger partial charge in [-0.25, -0.2) is 8.42 Å². The second-order valence-electron chi connectivity index (χ2n) is 6.66. The molecule has 1 fully saturated rings. The van der Waals surface area contributed by atoms with Crippen LogP contribution < -0.4 is 5.32 Å². The Kier molecular flexibility index (Phi) is 6.40. The first-order chi connectivity index (χ1) is 12.8. The Bertz CT molecular complexity index is 909. The summed E-state index contributed by atoms with van der Waals surface area (Å²) >= 11 is 4.47. The van der Waals surface area contributed by atoms with E-state index < -0.39 is 16.1 Å². The van der Waals surface area contributed by atoms with E-state index in [1.54, 1.807) is 12.1 Å². The number of thiophene rings is 1. The SMILES string of the molecule is CCc1ccc([C@@H](C)NC(=O)[C@@H]2CCCN2S(=O)(=O)c2ccc(Br)s2)cc1. The second kappa shape index (κ2) is 8.43. The highest BCUT2D eigenvalue weighted by Crippen LogP contribution is 2.32. The summed E-state index contributed by atoms with van der Waals surface area (Å²) < 4.78 is 28.2. The zero-order valence-corrected chi connectivity index (χ0v) is 18.5. The molecule has 0 radical (unpaired) electrons. The van der Waals surface area contributed by atoms with Crippen molar-refractivity contribution in [3.8, 4) is 0 Å². The van der Waals surface area contributed by atoms with Crippen LogP contribution in [0.5, 0.6) is 0 Å². The van der Waals surface area contributed by atoms with Crippen molar-refractivity contribution in [1.29, 1.82) is 0 Å². The van der Waals surface area contributed by atoms with Gasteiger partial charge in [-0.1, -0.05) is 31.2 Å². The van der Waals surface area contributed by atoms with E-state index in [2.05, 4.69) is 40.3 Å². The third kappa shape index (κ3) is 4.45. The lowest BCUT2D eigenvalue weighted by atomic mass is 10.0. The molecule has 8 heteroatoms. The third-order valence-corrected chi connectivity index (χ3v) is 8.86. The highest BCUT2D eigenvalue weighted by molar-refractivity contribution is 9.11. The van der Waals surface area contributed by atoms with Crippen molar-refractivity contribution in [3.63, 3.8) is 0 Å². The van der Waals surface area contributed by atoms with E-state index in [1.807, 2.05) is 19.1 Å². The van der Waals surface area contributed by atoms with Gasteiger partial charge in [-0.3, -0.25) is 4.79 Å². The van der Waals surface area contributed by atoms with Gasteiger partial charge in [0.2, 0.25) is 5.91 Å². The molecule has 1 aliphatic heterocycles. The highest BCUT2D eigenvalue weighted by Gasteiger charge is 2.40. The van der Waals surface area contributed by atoms with E-state index in [0.29, 0.717) is 19.4 Å². The van der Waals surface area contributed by atoms with Crippen LogP contribution in [-0.4, -0.2) is 31.2 Å². The van der Waals surface area contributed by atoms with Crippen LogP contribution in [0.25, 0.3) is 0 Å². The number of hydrogen-bond acceptors (Lipinski definition) is 4. The fourth-order valence-corrected chi connectivity index (χ4v) is 7.07. The predicted octanol–water partition coefficient (Wildman–Crippen LogP) is 4.10. The molecular formula is C19H23BrN2O3S2. The van der Waals surface area contributed by atoms with Gasteiger partial charge in [-0.05, 0) is 65.4 Å². The average molecular weight is 471 g/mol. The summed E-state index contributed by atoms with van der Waals surface area (Å²) in [5.41, 5.74) is 2.25. The average Bonchev–Trinajstić information content (AvgIpc) is 3.31. The van der Waals surface area contributed by atoms with Crippen molar-refractivity contribution in [2.24, 2.45) is 0 Å². The number of rotatable bonds is 6. The molecule has 0 aliphatic carbocycles. The van der Waals surface area contributed by atoms with Crippen LogP contribution in [0.15, 0.2) is 44.4 Å². The molecule has 5 nitrogen and oxygen atoms in total. The zero-order valence-electron chi connectivity index (χ0n) is 15.3. The summed E-state index contributed by atoms with van der Waals surface area (Å²) in [6.45, 7) is 4.39. The Hall–Kier alpha value is -1.22. The van der Waals surface area contributed by atoms with Crippen LogP contribution in [0.4, 0.5) is 0 Å². The van der Waals surface area contributed by atoms with Gasteiger partial charge in [-0.2, -0.15) is 4.31 Å². The van der Waals surface area contributed by atoms with Crippen LogP contribution in [0.2, 0.25) is 0 Å². The van der Waals surface area contributed by atoms with Crippen molar-refractivity contribution in [2.45, 2.75) is 49.4 Å². The third-order valence-electron chi connectivity index (χ3n) is 4.86. The molecule has 0 spiro atoms. The molecule has 0 bridgehead atoms. The van der Waals surface area contributed by atoms with Crippen molar-refractivity contribution >= 4 is 43.2 Å². The fraction of sp³-hybridized carbons (Fsp3) is 0.421. The number of halogens is 1. The molecule has 1 N–H and O–H groups in total. The number of nitrogens with one attached hydrogen (secondary N) is 1. The molecular weight excluding hydrogens is 448 g/mol. The molecule has 1 aliphatic rings. The smallest absolute Gasteiger partial charge is 0.253 e. The number of hydrogen-bond donors (Lipinski definition) is 1. The lowest BCUT2D eigenvalue weighted by Crippen LogP contribution is -2.46. The molecule has 146 valence electrons. The number of amides is 1. The summed E-state index contributed by atoms with van der Waals surface area (Å²) in [5, 5.41) is 2.98. The van der Waals surface area contributed by atoms with Gasteiger partial charge >= 0.3 is 0 Å². The van der Waals surface area contributed by atoms with Gasteiger partial charge < -0.3 is 5.32 Å². The minimum absolute atomic E-state index is 0.176. The molecule has 2 atom stereocenters. The Morgan fingerprint density at radius 3 is 2.59 bits per heavy atom. The van der Waals surface area contributed by atoms with Crippen LogP contribution >= 0.6 is 27.3 Å². The van der Waals surface area contributed by atoms with Gasteiger partial charge in [0.15, 0.2) is 0 Å². The van der Waals surface area contributed by atoms with Gasteiger partial charge in [0, 0.05) is 6.54 Å². The Morgan fingerprint density at radius 1 is 1.30 bits per heavy atom. The maximum atomic E-state index is 12.9.